The summed E-state index contributed by atoms with van der Waals surface area (Å²) in [6, 6.07) is 75.5. The van der Waals surface area contributed by atoms with Crippen LogP contribution in [0.15, 0.2) is 210 Å². The van der Waals surface area contributed by atoms with Crippen LogP contribution in [-0.4, -0.2) is 39.3 Å². The second-order valence-electron chi connectivity index (χ2n) is 11.7. The van der Waals surface area contributed by atoms with Crippen LogP contribution in [0.3, 0.4) is 0 Å². The fraction of sp³-hybridized carbons (Fsp3) is 0.0233. The van der Waals surface area contributed by atoms with Crippen LogP contribution in [0.4, 0.5) is 0 Å². The Morgan fingerprint density at radius 3 is 0.830 bits per heavy atom. The number of benzene rings is 7. The summed E-state index contributed by atoms with van der Waals surface area (Å²) in [6.07, 6.45) is 0. The van der Waals surface area contributed by atoms with Crippen LogP contribution in [0.1, 0.15) is 5.56 Å². The SMILES string of the molecule is Cc1ccc([S][Pb]([c]2ccccc2)([c]2ccccc2)[c]2ccccc2)c([S][Pb]([c]2ccccc2)([c]2ccccc2)[c]2ccccc2)c1. The van der Waals surface area contributed by atoms with Gasteiger partial charge in [-0.1, -0.05) is 0 Å². The molecule has 7 aromatic carbocycles. The van der Waals surface area contributed by atoms with Crippen molar-refractivity contribution in [1.82, 2.24) is 0 Å². The van der Waals surface area contributed by atoms with Crippen molar-refractivity contribution in [3.63, 3.8) is 0 Å². The summed E-state index contributed by atoms with van der Waals surface area (Å²) in [6.45, 7) is 2.24. The molecule has 0 heterocycles. The van der Waals surface area contributed by atoms with Gasteiger partial charge in [0.2, 0.25) is 0 Å². The summed E-state index contributed by atoms with van der Waals surface area (Å²) in [5.41, 5.74) is 1.30. The Labute approximate surface area is 293 Å². The Kier molecular flexibility index (Phi) is 10.5. The summed E-state index contributed by atoms with van der Waals surface area (Å²) in [7, 11) is 4.39. The van der Waals surface area contributed by atoms with E-state index >= 15 is 0 Å². The van der Waals surface area contributed by atoms with Gasteiger partial charge in [-0.2, -0.15) is 0 Å². The summed E-state index contributed by atoms with van der Waals surface area (Å²) < 4.78 is 8.94. The molecule has 0 amide bonds. The van der Waals surface area contributed by atoms with Gasteiger partial charge in [-0.25, -0.2) is 0 Å². The third-order valence-corrected chi connectivity index (χ3v) is 62.0. The minimum atomic E-state index is -3.89. The molecule has 0 aliphatic rings. The summed E-state index contributed by atoms with van der Waals surface area (Å²) >= 11 is -7.77. The Bertz CT molecular complexity index is 1830. The average Bonchev–Trinajstić information content (AvgIpc) is 3.16. The van der Waals surface area contributed by atoms with Crippen molar-refractivity contribution in [1.29, 1.82) is 0 Å². The molecule has 0 N–H and O–H groups in total. The summed E-state index contributed by atoms with van der Waals surface area (Å²) in [5, 5.41) is 0. The molecule has 0 spiro atoms. The minimum absolute atomic E-state index is 1.30. The molecule has 7 aromatic rings. The maximum absolute atomic E-state index is 3.89. The van der Waals surface area contributed by atoms with Gasteiger partial charge in [-0.3, -0.25) is 0 Å². The third-order valence-electron chi connectivity index (χ3n) is 8.71. The van der Waals surface area contributed by atoms with Crippen molar-refractivity contribution in [3.8, 4) is 0 Å². The van der Waals surface area contributed by atoms with E-state index in [2.05, 4.69) is 224 Å². The molecular formula is C43H36Pb2S2. The van der Waals surface area contributed by atoms with Crippen molar-refractivity contribution < 1.29 is 0 Å². The first-order valence-corrected chi connectivity index (χ1v) is 38.8. The van der Waals surface area contributed by atoms with Crippen LogP contribution in [0.2, 0.25) is 0 Å². The molecule has 4 heteroatoms. The Morgan fingerprint density at radius 2 is 0.553 bits per heavy atom. The van der Waals surface area contributed by atoms with Crippen molar-refractivity contribution in [2.24, 2.45) is 0 Å². The first-order chi connectivity index (χ1) is 23.2. The topological polar surface area (TPSA) is 0 Å². The van der Waals surface area contributed by atoms with Gasteiger partial charge in [0.25, 0.3) is 0 Å². The van der Waals surface area contributed by atoms with Crippen molar-refractivity contribution in [3.05, 3.63) is 206 Å². The van der Waals surface area contributed by atoms with E-state index in [1.54, 1.807) is 0 Å². The molecular weight excluding hydrogens is 995 g/mol. The molecule has 0 aliphatic carbocycles. The van der Waals surface area contributed by atoms with E-state index < -0.39 is 39.3 Å². The number of aryl methyl sites for hydroxylation is 1. The van der Waals surface area contributed by atoms with Crippen LogP contribution < -0.4 is 18.7 Å². The van der Waals surface area contributed by atoms with Gasteiger partial charge in [0, 0.05) is 0 Å². The Balaban J connectivity index is 1.48. The summed E-state index contributed by atoms with van der Waals surface area (Å²) in [4.78, 5) is 2.80. The molecule has 0 saturated carbocycles. The van der Waals surface area contributed by atoms with E-state index in [4.69, 9.17) is 0 Å². The second kappa shape index (κ2) is 15.1. The molecule has 47 heavy (non-hydrogen) atoms. The second-order valence-corrected chi connectivity index (χ2v) is 52.6. The first-order valence-electron chi connectivity index (χ1n) is 16.0. The monoisotopic (exact) mass is 1030 g/mol. The van der Waals surface area contributed by atoms with E-state index in [9.17, 15) is 0 Å². The molecule has 0 saturated heterocycles. The molecule has 228 valence electrons. The standard InChI is InChI=1S/C7H8S2.6C6H5.2Pb/c1-5-2-3-6(8)7(9)4-5;6*1-2-4-6-5-3-1;;/h2-4,8-9H,1H3;6*1-5H;;/q;;;;;;;2*+1/p-2. The van der Waals surface area contributed by atoms with Gasteiger partial charge in [-0.15, -0.1) is 0 Å². The zero-order valence-electron chi connectivity index (χ0n) is 26.4. The van der Waals surface area contributed by atoms with Gasteiger partial charge < -0.3 is 0 Å². The molecule has 0 radical (unpaired) electrons. The van der Waals surface area contributed by atoms with Crippen LogP contribution in [-0.2, 0) is 0 Å². The van der Waals surface area contributed by atoms with Crippen molar-refractivity contribution in [2.45, 2.75) is 16.7 Å². The van der Waals surface area contributed by atoms with E-state index in [1.807, 2.05) is 0 Å². The van der Waals surface area contributed by atoms with Crippen LogP contribution in [0.25, 0.3) is 0 Å². The van der Waals surface area contributed by atoms with E-state index in [0.29, 0.717) is 0 Å². The quantitative estimate of drug-likeness (QED) is 0.130. The molecule has 0 aromatic heterocycles. The van der Waals surface area contributed by atoms with Crippen molar-refractivity contribution >= 4 is 74.7 Å². The molecule has 0 aliphatic heterocycles. The van der Waals surface area contributed by atoms with E-state index in [1.165, 1.54) is 34.1 Å². The predicted molar refractivity (Wildman–Crippen MR) is 211 cm³/mol. The van der Waals surface area contributed by atoms with Gasteiger partial charge in [0.15, 0.2) is 0 Å². The molecule has 0 fully saturated rings. The number of rotatable bonds is 10. The average molecular weight is 1030 g/mol. The number of hydrogen-bond acceptors (Lipinski definition) is 2. The zero-order chi connectivity index (χ0) is 31.9. The predicted octanol–water partition coefficient (Wildman–Crippen LogP) is 7.51. The fourth-order valence-corrected chi connectivity index (χ4v) is 60.9. The van der Waals surface area contributed by atoms with Gasteiger partial charge in [0.1, 0.15) is 0 Å². The Morgan fingerprint density at radius 1 is 0.298 bits per heavy atom. The van der Waals surface area contributed by atoms with E-state index in [-0.39, 0.29) is 0 Å². The fourth-order valence-electron chi connectivity index (χ4n) is 6.50. The van der Waals surface area contributed by atoms with Crippen molar-refractivity contribution in [2.75, 3.05) is 0 Å². The molecule has 7 rings (SSSR count). The van der Waals surface area contributed by atoms with Gasteiger partial charge in [0.05, 0.1) is 0 Å². The summed E-state index contributed by atoms with van der Waals surface area (Å²) in [5.74, 6) is 0. The molecule has 0 atom stereocenters. The zero-order valence-corrected chi connectivity index (χ0v) is 35.8. The van der Waals surface area contributed by atoms with E-state index in [0.717, 1.165) is 0 Å². The molecule has 0 bridgehead atoms. The Hall–Kier alpha value is -2.92. The maximum atomic E-state index is 2.47. The normalized spacial score (nSPS) is 11.7. The van der Waals surface area contributed by atoms with Crippen LogP contribution >= 0.6 is 16.6 Å². The molecule has 0 nitrogen and oxygen atoms in total. The third kappa shape index (κ3) is 6.71. The van der Waals surface area contributed by atoms with Gasteiger partial charge >= 0.3 is 297 Å². The first kappa shape index (κ1) is 32.6. The van der Waals surface area contributed by atoms with Crippen LogP contribution in [0, 0.1) is 6.92 Å². The van der Waals surface area contributed by atoms with Gasteiger partial charge in [-0.05, 0) is 0 Å². The number of hydrogen-bond donors (Lipinski definition) is 0. The van der Waals surface area contributed by atoms with Crippen LogP contribution in [0.5, 0.6) is 0 Å². The molecule has 0 unspecified atom stereocenters.